The van der Waals surface area contributed by atoms with E-state index in [1.807, 2.05) is 52.0 Å². The van der Waals surface area contributed by atoms with E-state index in [2.05, 4.69) is 59.2 Å². The van der Waals surface area contributed by atoms with Crippen molar-refractivity contribution in [1.29, 1.82) is 0 Å². The Labute approximate surface area is 237 Å². The molecule has 0 atom stereocenters. The van der Waals surface area contributed by atoms with Gasteiger partial charge in [-0.15, -0.1) is 0 Å². The molecule has 6 nitrogen and oxygen atoms in total. The quantitative estimate of drug-likeness (QED) is 0.385. The number of nitrogens with one attached hydrogen (secondary N) is 2. The summed E-state index contributed by atoms with van der Waals surface area (Å²) in [6.07, 6.45) is 2.65. The maximum Gasteiger partial charge on any atom is 0.492 e. The highest BCUT2D eigenvalue weighted by Crippen LogP contribution is 2.44. The van der Waals surface area contributed by atoms with Gasteiger partial charge in [0, 0.05) is 19.0 Å². The summed E-state index contributed by atoms with van der Waals surface area (Å²) >= 11 is 0. The van der Waals surface area contributed by atoms with Crippen LogP contribution in [0.25, 0.3) is 17.2 Å². The van der Waals surface area contributed by atoms with E-state index in [0.717, 1.165) is 30.5 Å². The van der Waals surface area contributed by atoms with Crippen molar-refractivity contribution in [3.05, 3.63) is 100 Å². The highest BCUT2D eigenvalue weighted by Gasteiger charge is 2.52. The number of fused-ring (bicyclic) bond motifs is 4. The molecule has 3 aromatic rings. The van der Waals surface area contributed by atoms with E-state index < -0.39 is 24.4 Å². The largest absolute Gasteiger partial charge is 0.492 e. The fourth-order valence-corrected chi connectivity index (χ4v) is 5.82. The number of alkyl carbamates (subject to hydrolysis) is 1. The zero-order valence-corrected chi connectivity index (χ0v) is 23.8. The smallest absolute Gasteiger partial charge is 0.449 e. The van der Waals surface area contributed by atoms with Crippen molar-refractivity contribution in [2.45, 2.75) is 57.8 Å². The third kappa shape index (κ3) is 5.10. The molecule has 0 aromatic heterocycles. The minimum atomic E-state index is -0.576. The summed E-state index contributed by atoms with van der Waals surface area (Å²) in [4.78, 5) is 13.0. The number of amides is 1. The first-order chi connectivity index (χ1) is 19.2. The Balaban J connectivity index is 1.18. The molecule has 2 heterocycles. The van der Waals surface area contributed by atoms with E-state index in [-0.39, 0.29) is 19.1 Å². The van der Waals surface area contributed by atoms with Crippen LogP contribution in [-0.4, -0.2) is 44.1 Å². The molecule has 0 saturated carbocycles. The summed E-state index contributed by atoms with van der Waals surface area (Å²) in [5.41, 5.74) is 8.41. The summed E-state index contributed by atoms with van der Waals surface area (Å²) in [5.74, 6) is 0.0142. The average molecular weight is 536 g/mol. The van der Waals surface area contributed by atoms with Gasteiger partial charge in [-0.2, -0.15) is 0 Å². The number of hydrogen-bond donors (Lipinski definition) is 2. The molecule has 0 unspecified atom stereocenters. The zero-order chi connectivity index (χ0) is 27.9. The van der Waals surface area contributed by atoms with Crippen LogP contribution in [0.3, 0.4) is 0 Å². The van der Waals surface area contributed by atoms with Gasteiger partial charge in [0.05, 0.1) is 11.2 Å². The maximum absolute atomic E-state index is 13.0. The lowest BCUT2D eigenvalue weighted by Gasteiger charge is -2.32. The molecule has 0 radical (unpaired) electrons. The summed E-state index contributed by atoms with van der Waals surface area (Å²) in [7, 11) is -0.576. The topological polar surface area (TPSA) is 68.8 Å². The van der Waals surface area contributed by atoms with E-state index in [0.29, 0.717) is 0 Å². The van der Waals surface area contributed by atoms with E-state index in [9.17, 15) is 4.79 Å². The molecule has 7 heteroatoms. The molecule has 1 amide bonds. The average Bonchev–Trinajstić information content (AvgIpc) is 3.38. The Morgan fingerprint density at radius 1 is 0.975 bits per heavy atom. The molecule has 2 N–H and O–H groups in total. The molecule has 1 fully saturated rings. The van der Waals surface area contributed by atoms with Gasteiger partial charge >= 0.3 is 13.2 Å². The van der Waals surface area contributed by atoms with E-state index >= 15 is 0 Å². The zero-order valence-electron chi connectivity index (χ0n) is 23.8. The van der Waals surface area contributed by atoms with Gasteiger partial charge in [0.2, 0.25) is 0 Å². The molecule has 3 aromatic carbocycles. The Morgan fingerprint density at radius 3 is 2.30 bits per heavy atom. The fourth-order valence-electron chi connectivity index (χ4n) is 5.82. The first kappa shape index (κ1) is 26.8. The van der Waals surface area contributed by atoms with Crippen LogP contribution in [0.5, 0.6) is 0 Å². The van der Waals surface area contributed by atoms with Gasteiger partial charge in [-0.3, -0.25) is 0 Å². The van der Waals surface area contributed by atoms with Crippen LogP contribution in [0.2, 0.25) is 0 Å². The number of rotatable bonds is 6. The second-order valence-electron chi connectivity index (χ2n) is 11.9. The molecule has 1 aliphatic carbocycles. The molecule has 0 spiro atoms. The minimum absolute atomic E-state index is 0.0142. The van der Waals surface area contributed by atoms with Crippen molar-refractivity contribution in [3.8, 4) is 11.1 Å². The number of carbonyl (C=O) groups is 1. The SMILES string of the molecule is CC1(C)OB(C(=Cc2ccc3c(c2)CNCC3)CNC(=O)OCC2c3ccccc3-c3ccccc32)OC1(C)C. The number of carbonyl (C=O) groups excluding carboxylic acids is 1. The van der Waals surface area contributed by atoms with Crippen molar-refractivity contribution in [2.75, 3.05) is 19.7 Å². The van der Waals surface area contributed by atoms with Gasteiger partial charge < -0.3 is 24.7 Å². The summed E-state index contributed by atoms with van der Waals surface area (Å²) < 4.78 is 18.5. The minimum Gasteiger partial charge on any atom is -0.449 e. The van der Waals surface area contributed by atoms with Crippen molar-refractivity contribution < 1.29 is 18.8 Å². The van der Waals surface area contributed by atoms with Crippen LogP contribution >= 0.6 is 0 Å². The Morgan fingerprint density at radius 2 is 1.62 bits per heavy atom. The van der Waals surface area contributed by atoms with Gasteiger partial charge in [0.15, 0.2) is 0 Å². The van der Waals surface area contributed by atoms with Crippen molar-refractivity contribution in [2.24, 2.45) is 0 Å². The lowest BCUT2D eigenvalue weighted by molar-refractivity contribution is 0.00578. The number of ether oxygens (including phenoxy) is 1. The normalized spacial score (nSPS) is 19.1. The van der Waals surface area contributed by atoms with Crippen LogP contribution in [0.1, 0.15) is 61.4 Å². The summed E-state index contributed by atoms with van der Waals surface area (Å²) in [6.45, 7) is 10.5. The number of hydrogen-bond acceptors (Lipinski definition) is 5. The van der Waals surface area contributed by atoms with Crippen molar-refractivity contribution >= 4 is 19.3 Å². The predicted octanol–water partition coefficient (Wildman–Crippen LogP) is 5.89. The highest BCUT2D eigenvalue weighted by atomic mass is 16.7. The monoisotopic (exact) mass is 536 g/mol. The second kappa shape index (κ2) is 10.5. The Hall–Kier alpha value is -3.39. The van der Waals surface area contributed by atoms with Crippen LogP contribution in [0.15, 0.2) is 72.2 Å². The van der Waals surface area contributed by atoms with Gasteiger partial charge in [0.25, 0.3) is 0 Å². The molecule has 6 rings (SSSR count). The fraction of sp³-hybridized carbons (Fsp3) is 0.364. The Bertz CT molecular complexity index is 1400. The lowest BCUT2D eigenvalue weighted by Crippen LogP contribution is -2.41. The molecule has 206 valence electrons. The first-order valence-electron chi connectivity index (χ1n) is 14.2. The lowest BCUT2D eigenvalue weighted by atomic mass is 9.76. The highest BCUT2D eigenvalue weighted by molar-refractivity contribution is 6.56. The second-order valence-corrected chi connectivity index (χ2v) is 11.9. The van der Waals surface area contributed by atoms with Crippen LogP contribution in [0.4, 0.5) is 4.79 Å². The van der Waals surface area contributed by atoms with Gasteiger partial charge in [-0.1, -0.05) is 72.8 Å². The van der Waals surface area contributed by atoms with Gasteiger partial charge in [0.1, 0.15) is 6.61 Å². The molecule has 0 bridgehead atoms. The van der Waals surface area contributed by atoms with Crippen LogP contribution in [-0.2, 0) is 27.0 Å². The molecule has 40 heavy (non-hydrogen) atoms. The summed E-state index contributed by atoms with van der Waals surface area (Å²) in [5, 5.41) is 6.41. The van der Waals surface area contributed by atoms with Crippen molar-refractivity contribution in [3.63, 3.8) is 0 Å². The summed E-state index contributed by atoms with van der Waals surface area (Å²) in [6, 6.07) is 23.2. The molecular weight excluding hydrogens is 499 g/mol. The van der Waals surface area contributed by atoms with Crippen LogP contribution < -0.4 is 10.6 Å². The first-order valence-corrected chi connectivity index (χ1v) is 14.2. The third-order valence-corrected chi connectivity index (χ3v) is 8.81. The Kier molecular flexibility index (Phi) is 7.07. The van der Waals surface area contributed by atoms with Crippen molar-refractivity contribution in [1.82, 2.24) is 10.6 Å². The maximum atomic E-state index is 13.0. The number of benzene rings is 3. The molecule has 3 aliphatic rings. The predicted molar refractivity (Wildman–Crippen MR) is 159 cm³/mol. The standard InChI is InChI=1S/C33H37BN2O4/c1-32(2)33(3,4)40-34(39-32)25(18-22-13-14-23-15-16-35-19-24(23)17-22)20-36-31(37)38-21-30-28-11-7-5-9-26(28)27-10-6-8-12-29(27)30/h5-14,17-18,30,35H,15-16,19-21H2,1-4H3,(H,36,37). The van der Waals surface area contributed by atoms with E-state index in [4.69, 9.17) is 14.0 Å². The molecule has 1 saturated heterocycles. The van der Waals surface area contributed by atoms with Gasteiger partial charge in [-0.05, 0) is 85.1 Å². The third-order valence-electron chi connectivity index (χ3n) is 8.81. The molecular formula is C33H37BN2O4. The van der Waals surface area contributed by atoms with E-state index in [1.54, 1.807) is 0 Å². The van der Waals surface area contributed by atoms with E-state index in [1.165, 1.54) is 33.4 Å². The van der Waals surface area contributed by atoms with Crippen LogP contribution in [0, 0.1) is 0 Å². The molecule has 2 aliphatic heterocycles. The van der Waals surface area contributed by atoms with Gasteiger partial charge in [-0.25, -0.2) is 4.79 Å².